The molecule has 1 amide bonds. The van der Waals surface area contributed by atoms with E-state index in [9.17, 15) is 14.7 Å². The van der Waals surface area contributed by atoms with Crippen molar-refractivity contribution in [1.82, 2.24) is 4.90 Å². The van der Waals surface area contributed by atoms with Crippen molar-refractivity contribution in [3.05, 3.63) is 34.9 Å². The van der Waals surface area contributed by atoms with Crippen LogP contribution >= 0.6 is 0 Å². The minimum atomic E-state index is -0.778. The van der Waals surface area contributed by atoms with E-state index in [1.807, 2.05) is 39.0 Å². The van der Waals surface area contributed by atoms with Crippen molar-refractivity contribution in [3.8, 4) is 0 Å². The fraction of sp³-hybridized carbons (Fsp3) is 0.529. The zero-order chi connectivity index (χ0) is 15.6. The highest BCUT2D eigenvalue weighted by molar-refractivity contribution is 5.95. The Bertz CT molecular complexity index is 547. The number of aryl methyl sites for hydroxylation is 2. The summed E-state index contributed by atoms with van der Waals surface area (Å²) in [5.74, 6) is -0.832. The first kappa shape index (κ1) is 15.5. The van der Waals surface area contributed by atoms with Crippen molar-refractivity contribution in [2.75, 3.05) is 13.1 Å². The van der Waals surface area contributed by atoms with Crippen LogP contribution in [0, 0.1) is 19.3 Å². The van der Waals surface area contributed by atoms with Gasteiger partial charge in [0, 0.05) is 18.7 Å². The average Bonchev–Trinajstić information content (AvgIpc) is 2.83. The fourth-order valence-electron chi connectivity index (χ4n) is 3.29. The van der Waals surface area contributed by atoms with E-state index in [-0.39, 0.29) is 5.91 Å². The Balaban J connectivity index is 2.20. The Kier molecular flexibility index (Phi) is 4.35. The summed E-state index contributed by atoms with van der Waals surface area (Å²) in [5, 5.41) is 9.52. The van der Waals surface area contributed by atoms with Crippen molar-refractivity contribution < 1.29 is 14.7 Å². The number of carbonyl (C=O) groups is 2. The van der Waals surface area contributed by atoms with Gasteiger partial charge in [-0.05, 0) is 38.8 Å². The lowest BCUT2D eigenvalue weighted by Gasteiger charge is -2.24. The lowest BCUT2D eigenvalue weighted by Crippen LogP contribution is -2.37. The SMILES string of the molecule is CCCC1(C(=O)O)CCN(C(=O)c2cc(C)cc(C)c2)C1. The van der Waals surface area contributed by atoms with Gasteiger partial charge in [0.25, 0.3) is 5.91 Å². The Morgan fingerprint density at radius 3 is 2.38 bits per heavy atom. The molecule has 1 aliphatic heterocycles. The van der Waals surface area contributed by atoms with E-state index in [2.05, 4.69) is 0 Å². The van der Waals surface area contributed by atoms with Crippen LogP contribution in [0.25, 0.3) is 0 Å². The number of nitrogens with zero attached hydrogens (tertiary/aromatic N) is 1. The maximum atomic E-state index is 12.6. The van der Waals surface area contributed by atoms with E-state index in [1.54, 1.807) is 4.90 Å². The van der Waals surface area contributed by atoms with Crippen LogP contribution in [-0.4, -0.2) is 35.0 Å². The topological polar surface area (TPSA) is 57.6 Å². The van der Waals surface area contributed by atoms with Gasteiger partial charge in [0.15, 0.2) is 0 Å². The smallest absolute Gasteiger partial charge is 0.311 e. The maximum Gasteiger partial charge on any atom is 0.311 e. The number of amides is 1. The van der Waals surface area contributed by atoms with Gasteiger partial charge in [0.05, 0.1) is 5.41 Å². The Hall–Kier alpha value is -1.84. The standard InChI is InChI=1S/C17H23NO3/c1-4-5-17(16(20)21)6-7-18(11-17)15(19)14-9-12(2)8-13(3)10-14/h8-10H,4-7,11H2,1-3H3,(H,20,21). The Morgan fingerprint density at radius 2 is 1.86 bits per heavy atom. The summed E-state index contributed by atoms with van der Waals surface area (Å²) in [6, 6.07) is 5.77. The molecule has 21 heavy (non-hydrogen) atoms. The van der Waals surface area contributed by atoms with Crippen molar-refractivity contribution in [2.24, 2.45) is 5.41 Å². The molecule has 0 saturated carbocycles. The van der Waals surface area contributed by atoms with E-state index in [0.29, 0.717) is 31.5 Å². The fourth-order valence-corrected chi connectivity index (χ4v) is 3.29. The molecule has 1 aromatic rings. The first-order chi connectivity index (χ1) is 9.88. The summed E-state index contributed by atoms with van der Waals surface area (Å²) in [4.78, 5) is 25.9. The van der Waals surface area contributed by atoms with Gasteiger partial charge < -0.3 is 10.0 Å². The van der Waals surface area contributed by atoms with E-state index >= 15 is 0 Å². The summed E-state index contributed by atoms with van der Waals surface area (Å²) in [6.07, 6.45) is 1.99. The lowest BCUT2D eigenvalue weighted by molar-refractivity contribution is -0.148. The van der Waals surface area contributed by atoms with Crippen molar-refractivity contribution in [3.63, 3.8) is 0 Å². The molecule has 1 fully saturated rings. The van der Waals surface area contributed by atoms with Crippen LogP contribution in [-0.2, 0) is 4.79 Å². The molecule has 1 aliphatic rings. The van der Waals surface area contributed by atoms with Crippen molar-refractivity contribution in [1.29, 1.82) is 0 Å². The highest BCUT2D eigenvalue weighted by atomic mass is 16.4. The quantitative estimate of drug-likeness (QED) is 0.927. The highest BCUT2D eigenvalue weighted by Crippen LogP contribution is 2.36. The monoisotopic (exact) mass is 289 g/mol. The number of hydrogen-bond donors (Lipinski definition) is 1. The van der Waals surface area contributed by atoms with Gasteiger partial charge in [-0.1, -0.05) is 30.5 Å². The zero-order valence-corrected chi connectivity index (χ0v) is 13.0. The van der Waals surface area contributed by atoms with Crippen LogP contribution in [0.4, 0.5) is 0 Å². The van der Waals surface area contributed by atoms with Crippen LogP contribution in [0.3, 0.4) is 0 Å². The number of hydrogen-bond acceptors (Lipinski definition) is 2. The Labute approximate surface area is 125 Å². The predicted octanol–water partition coefficient (Wildman–Crippen LogP) is 3.02. The number of carbonyl (C=O) groups excluding carboxylic acids is 1. The minimum Gasteiger partial charge on any atom is -0.481 e. The summed E-state index contributed by atoms with van der Waals surface area (Å²) in [7, 11) is 0. The predicted molar refractivity (Wildman–Crippen MR) is 81.4 cm³/mol. The molecule has 2 rings (SSSR count). The molecule has 1 saturated heterocycles. The summed E-state index contributed by atoms with van der Waals surface area (Å²) in [5.41, 5.74) is 2.00. The third-order valence-corrected chi connectivity index (χ3v) is 4.29. The summed E-state index contributed by atoms with van der Waals surface area (Å²) in [6.45, 7) is 6.76. The Morgan fingerprint density at radius 1 is 1.24 bits per heavy atom. The molecule has 4 heteroatoms. The molecule has 0 radical (unpaired) electrons. The van der Waals surface area contributed by atoms with Crippen LogP contribution < -0.4 is 0 Å². The number of benzene rings is 1. The second-order valence-electron chi connectivity index (χ2n) is 6.19. The molecule has 1 aromatic carbocycles. The first-order valence-electron chi connectivity index (χ1n) is 7.49. The summed E-state index contributed by atoms with van der Waals surface area (Å²) < 4.78 is 0. The van der Waals surface area contributed by atoms with Crippen molar-refractivity contribution in [2.45, 2.75) is 40.0 Å². The van der Waals surface area contributed by atoms with Gasteiger partial charge in [-0.3, -0.25) is 9.59 Å². The van der Waals surface area contributed by atoms with Crippen molar-refractivity contribution >= 4 is 11.9 Å². The van der Waals surface area contributed by atoms with E-state index in [1.165, 1.54) is 0 Å². The van der Waals surface area contributed by atoms with Crippen LogP contribution in [0.5, 0.6) is 0 Å². The average molecular weight is 289 g/mol. The molecule has 114 valence electrons. The maximum absolute atomic E-state index is 12.6. The van der Waals surface area contributed by atoms with Gasteiger partial charge >= 0.3 is 5.97 Å². The molecule has 0 bridgehead atoms. The molecule has 1 unspecified atom stereocenters. The molecule has 1 N–H and O–H groups in total. The molecule has 1 heterocycles. The molecule has 0 spiro atoms. The van der Waals surface area contributed by atoms with E-state index in [0.717, 1.165) is 17.5 Å². The van der Waals surface area contributed by atoms with Crippen LogP contribution in [0.15, 0.2) is 18.2 Å². The molecule has 0 aromatic heterocycles. The van der Waals surface area contributed by atoms with E-state index in [4.69, 9.17) is 0 Å². The second-order valence-corrected chi connectivity index (χ2v) is 6.19. The first-order valence-corrected chi connectivity index (χ1v) is 7.49. The van der Waals surface area contributed by atoms with Crippen LogP contribution in [0.2, 0.25) is 0 Å². The minimum absolute atomic E-state index is 0.0546. The molecule has 0 aliphatic carbocycles. The van der Waals surface area contributed by atoms with Gasteiger partial charge in [-0.15, -0.1) is 0 Å². The lowest BCUT2D eigenvalue weighted by atomic mass is 9.83. The highest BCUT2D eigenvalue weighted by Gasteiger charge is 2.45. The van der Waals surface area contributed by atoms with Gasteiger partial charge in [-0.25, -0.2) is 0 Å². The van der Waals surface area contributed by atoms with Gasteiger partial charge in [0.1, 0.15) is 0 Å². The molecule has 1 atom stereocenters. The largest absolute Gasteiger partial charge is 0.481 e. The third kappa shape index (κ3) is 3.09. The third-order valence-electron chi connectivity index (χ3n) is 4.29. The number of likely N-dealkylation sites (tertiary alicyclic amines) is 1. The van der Waals surface area contributed by atoms with Gasteiger partial charge in [-0.2, -0.15) is 0 Å². The second kappa shape index (κ2) is 5.88. The number of carboxylic acids is 1. The molecular formula is C17H23NO3. The number of rotatable bonds is 4. The zero-order valence-electron chi connectivity index (χ0n) is 13.0. The van der Waals surface area contributed by atoms with E-state index < -0.39 is 11.4 Å². The van der Waals surface area contributed by atoms with Crippen LogP contribution in [0.1, 0.15) is 47.7 Å². The molecule has 4 nitrogen and oxygen atoms in total. The number of carboxylic acid groups (broad SMARTS) is 1. The summed E-state index contributed by atoms with van der Waals surface area (Å²) >= 11 is 0. The normalized spacial score (nSPS) is 21.6. The van der Waals surface area contributed by atoms with Gasteiger partial charge in [0.2, 0.25) is 0 Å². The number of aliphatic carboxylic acids is 1. The molecular weight excluding hydrogens is 266 g/mol.